The number of nitrogens with zero attached hydrogens (tertiary/aromatic N) is 4. The van der Waals surface area contributed by atoms with Gasteiger partial charge in [0.2, 0.25) is 0 Å². The molecule has 1 aliphatic heterocycles. The third kappa shape index (κ3) is 4.10. The van der Waals surface area contributed by atoms with Crippen molar-refractivity contribution in [3.63, 3.8) is 0 Å². The molecule has 0 saturated carbocycles. The summed E-state index contributed by atoms with van der Waals surface area (Å²) in [5.74, 6) is -0.309. The molecule has 1 fully saturated rings. The first kappa shape index (κ1) is 16.4. The normalized spacial score (nSPS) is 18.7. The Morgan fingerprint density at radius 1 is 1.38 bits per heavy atom. The van der Waals surface area contributed by atoms with Gasteiger partial charge in [-0.15, -0.1) is 5.10 Å². The molecule has 0 bridgehead atoms. The van der Waals surface area contributed by atoms with Crippen LogP contribution in [0.2, 0.25) is 0 Å². The number of likely N-dealkylation sites (tertiary alicyclic amines) is 1. The first-order valence-electron chi connectivity index (χ1n) is 7.47. The maximum Gasteiger partial charge on any atom is 0.401 e. The molecule has 1 aromatic carbocycles. The Hall–Kier alpha value is -2.42. The molecule has 1 unspecified atom stereocenters. The minimum atomic E-state index is -4.22. The molecule has 0 radical (unpaired) electrons. The van der Waals surface area contributed by atoms with E-state index in [1.165, 1.54) is 15.8 Å². The molecule has 1 atom stereocenters. The average Bonchev–Trinajstić information content (AvgIpc) is 3.18. The standard InChI is InChI=1S/C15H16F3N5O/c16-15(17,18)10-22-6-4-12(9-22)20-14(24)11-2-1-3-13(8-11)23-7-5-19-21-23/h1-3,5,7-8,12H,4,6,9-10H2,(H,20,24). The molecule has 128 valence electrons. The van der Waals surface area contributed by atoms with E-state index in [1.54, 1.807) is 30.5 Å². The molecule has 3 rings (SSSR count). The summed E-state index contributed by atoms with van der Waals surface area (Å²) < 4.78 is 38.7. The zero-order valence-corrected chi connectivity index (χ0v) is 12.7. The molecule has 6 nitrogen and oxygen atoms in total. The van der Waals surface area contributed by atoms with Crippen molar-refractivity contribution in [2.24, 2.45) is 0 Å². The number of alkyl halides is 3. The molecular formula is C15H16F3N5O. The van der Waals surface area contributed by atoms with Crippen molar-refractivity contribution in [2.45, 2.75) is 18.6 Å². The van der Waals surface area contributed by atoms with Gasteiger partial charge in [0.25, 0.3) is 5.91 Å². The molecule has 2 aromatic rings. The average molecular weight is 339 g/mol. The third-order valence-electron chi connectivity index (χ3n) is 3.81. The fourth-order valence-electron chi connectivity index (χ4n) is 2.75. The number of hydrogen-bond donors (Lipinski definition) is 1. The Morgan fingerprint density at radius 3 is 2.92 bits per heavy atom. The molecule has 0 spiro atoms. The molecule has 1 amide bonds. The van der Waals surface area contributed by atoms with E-state index in [0.29, 0.717) is 24.2 Å². The van der Waals surface area contributed by atoms with Gasteiger partial charge < -0.3 is 5.32 Å². The van der Waals surface area contributed by atoms with Crippen molar-refractivity contribution in [3.8, 4) is 5.69 Å². The van der Waals surface area contributed by atoms with E-state index in [2.05, 4.69) is 15.6 Å². The molecule has 1 N–H and O–H groups in total. The van der Waals surface area contributed by atoms with Crippen molar-refractivity contribution >= 4 is 5.91 Å². The summed E-state index contributed by atoms with van der Waals surface area (Å²) >= 11 is 0. The summed E-state index contributed by atoms with van der Waals surface area (Å²) in [7, 11) is 0. The lowest BCUT2D eigenvalue weighted by Crippen LogP contribution is -2.39. The Bertz CT molecular complexity index is 701. The summed E-state index contributed by atoms with van der Waals surface area (Å²) in [5.41, 5.74) is 1.11. The maximum absolute atomic E-state index is 12.4. The number of halogens is 3. The van der Waals surface area contributed by atoms with Gasteiger partial charge in [0.1, 0.15) is 0 Å². The Kier molecular flexibility index (Phi) is 4.52. The van der Waals surface area contributed by atoms with Crippen LogP contribution in [0, 0.1) is 0 Å². The van der Waals surface area contributed by atoms with Crippen molar-refractivity contribution in [1.29, 1.82) is 0 Å². The van der Waals surface area contributed by atoms with Crippen LogP contribution in [-0.4, -0.2) is 57.7 Å². The zero-order chi connectivity index (χ0) is 17.2. The molecule has 1 aromatic heterocycles. The van der Waals surface area contributed by atoms with E-state index in [1.807, 2.05) is 0 Å². The zero-order valence-electron chi connectivity index (χ0n) is 12.7. The number of carbonyl (C=O) groups excluding carboxylic acids is 1. The van der Waals surface area contributed by atoms with E-state index in [0.717, 1.165) is 0 Å². The van der Waals surface area contributed by atoms with Gasteiger partial charge in [0, 0.05) is 24.7 Å². The van der Waals surface area contributed by atoms with Gasteiger partial charge in [-0.05, 0) is 24.6 Å². The van der Waals surface area contributed by atoms with E-state index in [-0.39, 0.29) is 18.5 Å². The van der Waals surface area contributed by atoms with Crippen LogP contribution in [0.15, 0.2) is 36.7 Å². The summed E-state index contributed by atoms with van der Waals surface area (Å²) in [5, 5.41) is 10.4. The highest BCUT2D eigenvalue weighted by atomic mass is 19.4. The van der Waals surface area contributed by atoms with E-state index >= 15 is 0 Å². The van der Waals surface area contributed by atoms with Crippen molar-refractivity contribution < 1.29 is 18.0 Å². The van der Waals surface area contributed by atoms with Gasteiger partial charge in [-0.1, -0.05) is 11.3 Å². The highest BCUT2D eigenvalue weighted by molar-refractivity contribution is 5.94. The van der Waals surface area contributed by atoms with Gasteiger partial charge in [-0.2, -0.15) is 13.2 Å². The first-order chi connectivity index (χ1) is 11.4. The number of benzene rings is 1. The second kappa shape index (κ2) is 6.60. The van der Waals surface area contributed by atoms with Crippen LogP contribution in [-0.2, 0) is 0 Å². The fraction of sp³-hybridized carbons (Fsp3) is 0.400. The first-order valence-corrected chi connectivity index (χ1v) is 7.47. The molecular weight excluding hydrogens is 323 g/mol. The second-order valence-corrected chi connectivity index (χ2v) is 5.71. The molecule has 24 heavy (non-hydrogen) atoms. The van der Waals surface area contributed by atoms with E-state index < -0.39 is 12.7 Å². The van der Waals surface area contributed by atoms with Crippen LogP contribution < -0.4 is 5.32 Å². The number of nitrogens with one attached hydrogen (secondary N) is 1. The van der Waals surface area contributed by atoms with Crippen LogP contribution in [0.25, 0.3) is 5.69 Å². The molecule has 2 heterocycles. The summed E-state index contributed by atoms with van der Waals surface area (Å²) in [4.78, 5) is 13.6. The molecule has 1 saturated heterocycles. The lowest BCUT2D eigenvalue weighted by atomic mass is 10.1. The molecule has 1 aliphatic rings. The fourth-order valence-corrected chi connectivity index (χ4v) is 2.75. The van der Waals surface area contributed by atoms with Crippen molar-refractivity contribution in [2.75, 3.05) is 19.6 Å². The van der Waals surface area contributed by atoms with Crippen LogP contribution in [0.4, 0.5) is 13.2 Å². The Balaban J connectivity index is 1.61. The lowest BCUT2D eigenvalue weighted by molar-refractivity contribution is -0.143. The quantitative estimate of drug-likeness (QED) is 0.920. The Morgan fingerprint density at radius 2 is 2.21 bits per heavy atom. The van der Waals surface area contributed by atoms with Crippen molar-refractivity contribution in [1.82, 2.24) is 25.2 Å². The summed E-state index contributed by atoms with van der Waals surface area (Å²) in [6, 6.07) is 6.53. The molecule has 0 aliphatic carbocycles. The van der Waals surface area contributed by atoms with Gasteiger partial charge >= 0.3 is 6.18 Å². The highest BCUT2D eigenvalue weighted by Crippen LogP contribution is 2.20. The number of carbonyl (C=O) groups is 1. The number of aromatic nitrogens is 3. The maximum atomic E-state index is 12.4. The largest absolute Gasteiger partial charge is 0.401 e. The predicted molar refractivity (Wildman–Crippen MR) is 79.7 cm³/mol. The Labute approximate surface area is 136 Å². The van der Waals surface area contributed by atoms with Gasteiger partial charge in [0.05, 0.1) is 24.6 Å². The van der Waals surface area contributed by atoms with Gasteiger partial charge in [-0.3, -0.25) is 9.69 Å². The summed E-state index contributed by atoms with van der Waals surface area (Å²) in [6.07, 6.45) is -0.529. The lowest BCUT2D eigenvalue weighted by Gasteiger charge is -2.18. The summed E-state index contributed by atoms with van der Waals surface area (Å²) in [6.45, 7) is -0.418. The minimum absolute atomic E-state index is 0.202. The van der Waals surface area contributed by atoms with Gasteiger partial charge in [0.15, 0.2) is 0 Å². The SMILES string of the molecule is O=C(NC1CCN(CC(F)(F)F)C1)c1cccc(-n2ccnn2)c1. The predicted octanol–water partition coefficient (Wildman–Crippen LogP) is 1.63. The third-order valence-corrected chi connectivity index (χ3v) is 3.81. The van der Waals surface area contributed by atoms with Gasteiger partial charge in [-0.25, -0.2) is 4.68 Å². The number of rotatable bonds is 4. The van der Waals surface area contributed by atoms with Crippen molar-refractivity contribution in [3.05, 3.63) is 42.2 Å². The van der Waals surface area contributed by atoms with Crippen LogP contribution in [0.5, 0.6) is 0 Å². The second-order valence-electron chi connectivity index (χ2n) is 5.71. The molecule has 9 heteroatoms. The monoisotopic (exact) mass is 339 g/mol. The smallest absolute Gasteiger partial charge is 0.348 e. The topological polar surface area (TPSA) is 63.1 Å². The van der Waals surface area contributed by atoms with E-state index in [9.17, 15) is 18.0 Å². The number of hydrogen-bond acceptors (Lipinski definition) is 4. The van der Waals surface area contributed by atoms with E-state index in [4.69, 9.17) is 0 Å². The minimum Gasteiger partial charge on any atom is -0.348 e. The van der Waals surface area contributed by atoms with Crippen LogP contribution >= 0.6 is 0 Å². The number of amides is 1. The highest BCUT2D eigenvalue weighted by Gasteiger charge is 2.34. The van der Waals surface area contributed by atoms with Crippen LogP contribution in [0.1, 0.15) is 16.8 Å². The van der Waals surface area contributed by atoms with Crippen LogP contribution in [0.3, 0.4) is 0 Å².